The van der Waals surface area contributed by atoms with E-state index in [1.54, 1.807) is 0 Å². The first-order chi connectivity index (χ1) is 16.4. The molecule has 1 saturated heterocycles. The van der Waals surface area contributed by atoms with Gasteiger partial charge in [-0.3, -0.25) is 14.0 Å². The summed E-state index contributed by atoms with van der Waals surface area (Å²) >= 11 is 5.66. The lowest BCUT2D eigenvalue weighted by Crippen LogP contribution is -2.47. The Morgan fingerprint density at radius 3 is 2.46 bits per heavy atom. The molecule has 192 valence electrons. The van der Waals surface area contributed by atoms with Crippen molar-refractivity contribution in [2.24, 2.45) is 0 Å². The van der Waals surface area contributed by atoms with Gasteiger partial charge in [0.15, 0.2) is 0 Å². The first-order valence-electron chi connectivity index (χ1n) is 10.9. The van der Waals surface area contributed by atoms with Gasteiger partial charge in [-0.05, 0) is 36.2 Å². The number of hydrogen-bond acceptors (Lipinski definition) is 5. The summed E-state index contributed by atoms with van der Waals surface area (Å²) in [6.45, 7) is 5.22. The van der Waals surface area contributed by atoms with Crippen LogP contribution in [0.1, 0.15) is 23.6 Å². The van der Waals surface area contributed by atoms with Crippen molar-refractivity contribution < 1.29 is 31.1 Å². The molecular weight excluding hydrogens is 507 g/mol. The number of halogens is 4. The lowest BCUT2D eigenvalue weighted by molar-refractivity contribution is -0.137. The summed E-state index contributed by atoms with van der Waals surface area (Å²) in [7, 11) is -4.10. The monoisotopic (exact) mass is 533 g/mol. The Bertz CT molecular complexity index is 1150. The molecule has 1 unspecified atom stereocenters. The third-order valence-electron chi connectivity index (χ3n) is 5.57. The van der Waals surface area contributed by atoms with Crippen LogP contribution in [0.4, 0.5) is 18.9 Å². The minimum atomic E-state index is -4.78. The van der Waals surface area contributed by atoms with Gasteiger partial charge in [0.1, 0.15) is 6.04 Å². The Morgan fingerprint density at radius 1 is 1.17 bits per heavy atom. The maximum Gasteiger partial charge on any atom is 0.417 e. The highest BCUT2D eigenvalue weighted by molar-refractivity contribution is 7.92. The summed E-state index contributed by atoms with van der Waals surface area (Å²) < 4.78 is 70.8. The normalized spacial score (nSPS) is 16.1. The van der Waals surface area contributed by atoms with Gasteiger partial charge in [-0.15, -0.1) is 0 Å². The molecule has 2 aromatic carbocycles. The molecule has 35 heavy (non-hydrogen) atoms. The molecule has 0 aliphatic carbocycles. The molecule has 0 radical (unpaired) electrons. The highest BCUT2D eigenvalue weighted by atomic mass is 35.5. The van der Waals surface area contributed by atoms with E-state index < -0.39 is 38.7 Å². The largest absolute Gasteiger partial charge is 0.417 e. The fourth-order valence-electron chi connectivity index (χ4n) is 3.87. The van der Waals surface area contributed by atoms with Crippen LogP contribution in [0, 0.1) is 0 Å². The second kappa shape index (κ2) is 11.2. The zero-order valence-corrected chi connectivity index (χ0v) is 20.9. The van der Waals surface area contributed by atoms with E-state index in [1.807, 2.05) is 24.3 Å². The van der Waals surface area contributed by atoms with Gasteiger partial charge in [0, 0.05) is 26.2 Å². The summed E-state index contributed by atoms with van der Waals surface area (Å²) in [4.78, 5) is 15.1. The van der Waals surface area contributed by atoms with Crippen LogP contribution in [-0.2, 0) is 38.8 Å². The first kappa shape index (κ1) is 27.3. The van der Waals surface area contributed by atoms with Gasteiger partial charge in [0.25, 0.3) is 0 Å². The molecule has 12 heteroatoms. The Kier molecular flexibility index (Phi) is 8.68. The van der Waals surface area contributed by atoms with Gasteiger partial charge in [-0.1, -0.05) is 35.9 Å². The van der Waals surface area contributed by atoms with Crippen molar-refractivity contribution >= 4 is 33.2 Å². The standard InChI is InChI=1S/C23H27ClF3N3O4S/c1-16(30(35(2,32)33)19-6-7-21(24)20(13-19)23(25,26)27)22(31)28-14-17-4-3-5-18(12-17)15-29-8-10-34-11-9-29/h3-7,12-13,16H,8-11,14-15H2,1-2H3,(H,28,31). The predicted octanol–water partition coefficient (Wildman–Crippen LogP) is 3.66. The molecule has 0 spiro atoms. The fourth-order valence-corrected chi connectivity index (χ4v) is 5.26. The predicted molar refractivity (Wildman–Crippen MR) is 128 cm³/mol. The number of anilines is 1. The Hall–Kier alpha value is -2.34. The van der Waals surface area contributed by atoms with Gasteiger partial charge < -0.3 is 10.1 Å². The number of carbonyl (C=O) groups excluding carboxylic acids is 1. The van der Waals surface area contributed by atoms with Gasteiger partial charge in [-0.2, -0.15) is 13.2 Å². The number of alkyl halides is 3. The number of sulfonamides is 1. The Morgan fingerprint density at radius 2 is 1.83 bits per heavy atom. The molecular formula is C23H27ClF3N3O4S. The van der Waals surface area contributed by atoms with E-state index >= 15 is 0 Å². The zero-order valence-electron chi connectivity index (χ0n) is 19.3. The minimum absolute atomic E-state index is 0.131. The summed E-state index contributed by atoms with van der Waals surface area (Å²) in [6.07, 6.45) is -3.96. The third-order valence-corrected chi connectivity index (χ3v) is 7.14. The topological polar surface area (TPSA) is 79.0 Å². The number of morpholine rings is 1. The van der Waals surface area contributed by atoms with Crippen molar-refractivity contribution in [3.63, 3.8) is 0 Å². The number of nitrogens with zero attached hydrogens (tertiary/aromatic N) is 2. The van der Waals surface area contributed by atoms with Crippen molar-refractivity contribution in [1.82, 2.24) is 10.2 Å². The highest BCUT2D eigenvalue weighted by Gasteiger charge is 2.36. The molecule has 1 N–H and O–H groups in total. The van der Waals surface area contributed by atoms with E-state index in [-0.39, 0.29) is 12.2 Å². The van der Waals surface area contributed by atoms with Crippen molar-refractivity contribution in [3.8, 4) is 0 Å². The van der Waals surface area contributed by atoms with Crippen molar-refractivity contribution in [1.29, 1.82) is 0 Å². The van der Waals surface area contributed by atoms with Crippen LogP contribution in [0.3, 0.4) is 0 Å². The summed E-state index contributed by atoms with van der Waals surface area (Å²) in [5.74, 6) is -0.655. The molecule has 0 saturated carbocycles. The average Bonchev–Trinajstić information content (AvgIpc) is 2.78. The maximum atomic E-state index is 13.3. The van der Waals surface area contributed by atoms with Gasteiger partial charge in [-0.25, -0.2) is 8.42 Å². The van der Waals surface area contributed by atoms with E-state index in [9.17, 15) is 26.4 Å². The van der Waals surface area contributed by atoms with Gasteiger partial charge >= 0.3 is 6.18 Å². The molecule has 1 aliphatic rings. The van der Waals surface area contributed by atoms with E-state index in [4.69, 9.17) is 16.3 Å². The van der Waals surface area contributed by atoms with Crippen LogP contribution in [0.5, 0.6) is 0 Å². The van der Waals surface area contributed by atoms with Crippen LogP contribution in [0.2, 0.25) is 5.02 Å². The molecule has 3 rings (SSSR count). The molecule has 0 bridgehead atoms. The van der Waals surface area contributed by atoms with Crippen LogP contribution in [0.25, 0.3) is 0 Å². The van der Waals surface area contributed by atoms with Crippen molar-refractivity contribution in [3.05, 3.63) is 64.2 Å². The molecule has 2 aromatic rings. The second-order valence-corrected chi connectivity index (χ2v) is 10.6. The molecule has 7 nitrogen and oxygen atoms in total. The fraction of sp³-hybridized carbons (Fsp3) is 0.435. The van der Waals surface area contributed by atoms with E-state index in [0.717, 1.165) is 49.1 Å². The number of carbonyl (C=O) groups is 1. The zero-order chi connectivity index (χ0) is 25.8. The van der Waals surface area contributed by atoms with E-state index in [0.29, 0.717) is 23.6 Å². The molecule has 0 aromatic heterocycles. The number of amides is 1. The number of benzene rings is 2. The molecule has 1 fully saturated rings. The van der Waals surface area contributed by atoms with Crippen LogP contribution < -0.4 is 9.62 Å². The summed E-state index contributed by atoms with van der Waals surface area (Å²) in [5, 5.41) is 2.12. The SMILES string of the molecule is CC(C(=O)NCc1cccc(CN2CCOCC2)c1)N(c1ccc(Cl)c(C(F)(F)F)c1)S(C)(=O)=O. The highest BCUT2D eigenvalue weighted by Crippen LogP contribution is 2.37. The van der Waals surface area contributed by atoms with Crippen LogP contribution >= 0.6 is 11.6 Å². The molecule has 1 heterocycles. The first-order valence-corrected chi connectivity index (χ1v) is 13.1. The van der Waals surface area contributed by atoms with E-state index in [2.05, 4.69) is 10.2 Å². The maximum absolute atomic E-state index is 13.3. The summed E-state index contributed by atoms with van der Waals surface area (Å²) in [5.41, 5.74) is 0.382. The second-order valence-electron chi connectivity index (χ2n) is 8.32. The van der Waals surface area contributed by atoms with Gasteiger partial charge in [0.05, 0.1) is 35.7 Å². The average molecular weight is 534 g/mol. The summed E-state index contributed by atoms with van der Waals surface area (Å²) in [6, 6.07) is 9.05. The van der Waals surface area contributed by atoms with Crippen molar-refractivity contribution in [2.45, 2.75) is 32.2 Å². The van der Waals surface area contributed by atoms with E-state index in [1.165, 1.54) is 6.92 Å². The smallest absolute Gasteiger partial charge is 0.379 e. The van der Waals surface area contributed by atoms with Crippen LogP contribution in [0.15, 0.2) is 42.5 Å². The third kappa shape index (κ3) is 7.33. The number of hydrogen-bond donors (Lipinski definition) is 1. The Labute approximate surface area is 207 Å². The van der Waals surface area contributed by atoms with Crippen LogP contribution in [-0.4, -0.2) is 57.8 Å². The van der Waals surface area contributed by atoms with Crippen molar-refractivity contribution in [2.75, 3.05) is 36.9 Å². The number of nitrogens with one attached hydrogen (secondary N) is 1. The molecule has 1 amide bonds. The minimum Gasteiger partial charge on any atom is -0.379 e. The lowest BCUT2D eigenvalue weighted by atomic mass is 10.1. The molecule has 1 aliphatic heterocycles. The lowest BCUT2D eigenvalue weighted by Gasteiger charge is -2.29. The van der Waals surface area contributed by atoms with Gasteiger partial charge in [0.2, 0.25) is 15.9 Å². The quantitative estimate of drug-likeness (QED) is 0.560. The Balaban J connectivity index is 1.73. The number of ether oxygens (including phenoxy) is 1. The number of rotatable bonds is 8. The molecule has 1 atom stereocenters.